The zero-order chi connectivity index (χ0) is 14.6. The van der Waals surface area contributed by atoms with E-state index in [9.17, 15) is 0 Å². The molecule has 3 unspecified atom stereocenters. The summed E-state index contributed by atoms with van der Waals surface area (Å²) in [5.41, 5.74) is 1.84. The van der Waals surface area contributed by atoms with E-state index in [1.54, 1.807) is 0 Å². The molecule has 1 aliphatic carbocycles. The van der Waals surface area contributed by atoms with Crippen LogP contribution in [0.2, 0.25) is 0 Å². The van der Waals surface area contributed by atoms with E-state index in [1.165, 1.54) is 44.1 Å². The molecule has 0 aromatic heterocycles. The largest absolute Gasteiger partial charge is 0.123 e. The van der Waals surface area contributed by atoms with Crippen LogP contribution in [0.4, 0.5) is 0 Å². The first-order valence-electron chi connectivity index (χ1n) is 8.17. The van der Waals surface area contributed by atoms with Crippen molar-refractivity contribution < 1.29 is 0 Å². The van der Waals surface area contributed by atoms with Crippen molar-refractivity contribution in [1.29, 1.82) is 0 Å². The molecule has 1 heteroatoms. The Morgan fingerprint density at radius 1 is 1.15 bits per heavy atom. The minimum atomic E-state index is 0.376. The maximum absolute atomic E-state index is 6.66. The van der Waals surface area contributed by atoms with Crippen molar-refractivity contribution in [2.45, 2.75) is 64.7 Å². The zero-order valence-corrected chi connectivity index (χ0v) is 14.0. The number of hydrogen-bond acceptors (Lipinski definition) is 0. The third-order valence-electron chi connectivity index (χ3n) is 5.17. The molecule has 112 valence electrons. The first-order chi connectivity index (χ1) is 9.49. The molecule has 0 heterocycles. The van der Waals surface area contributed by atoms with Crippen molar-refractivity contribution in [3.63, 3.8) is 0 Å². The molecule has 0 amide bonds. The van der Waals surface area contributed by atoms with Crippen molar-refractivity contribution in [3.05, 3.63) is 35.9 Å². The molecule has 0 bridgehead atoms. The molecule has 0 nitrogen and oxygen atoms in total. The molecule has 2 rings (SSSR count). The van der Waals surface area contributed by atoms with Crippen LogP contribution in [0.25, 0.3) is 0 Å². The summed E-state index contributed by atoms with van der Waals surface area (Å²) in [6.07, 6.45) is 7.62. The van der Waals surface area contributed by atoms with Crippen molar-refractivity contribution >= 4 is 11.6 Å². The molecule has 0 aliphatic heterocycles. The molecule has 1 aromatic rings. The SMILES string of the molecule is CC1CCC(C(C)(C)CCCc2ccccc2)C(Cl)C1. The molecule has 1 aliphatic rings. The van der Waals surface area contributed by atoms with Crippen LogP contribution in [-0.2, 0) is 6.42 Å². The predicted octanol–water partition coefficient (Wildman–Crippen LogP) is 6.08. The van der Waals surface area contributed by atoms with Crippen molar-refractivity contribution in [2.24, 2.45) is 17.3 Å². The number of hydrogen-bond donors (Lipinski definition) is 0. The monoisotopic (exact) mass is 292 g/mol. The van der Waals surface area contributed by atoms with Gasteiger partial charge in [0.05, 0.1) is 0 Å². The fourth-order valence-electron chi connectivity index (χ4n) is 3.77. The Morgan fingerprint density at radius 2 is 1.85 bits per heavy atom. The Hall–Kier alpha value is -0.490. The van der Waals surface area contributed by atoms with Crippen LogP contribution in [0.15, 0.2) is 30.3 Å². The second-order valence-electron chi connectivity index (χ2n) is 7.37. The van der Waals surface area contributed by atoms with Crippen LogP contribution in [0.3, 0.4) is 0 Å². The van der Waals surface area contributed by atoms with Gasteiger partial charge < -0.3 is 0 Å². The molecule has 1 aromatic carbocycles. The molecule has 0 saturated heterocycles. The van der Waals surface area contributed by atoms with Crippen LogP contribution >= 0.6 is 11.6 Å². The summed E-state index contributed by atoms with van der Waals surface area (Å²) in [5, 5.41) is 0.380. The van der Waals surface area contributed by atoms with Crippen LogP contribution in [0, 0.1) is 17.3 Å². The Balaban J connectivity index is 1.84. The molecule has 3 atom stereocenters. The minimum absolute atomic E-state index is 0.376. The van der Waals surface area contributed by atoms with Crippen molar-refractivity contribution in [1.82, 2.24) is 0 Å². The number of halogens is 1. The van der Waals surface area contributed by atoms with Gasteiger partial charge in [0.2, 0.25) is 0 Å². The molecule has 1 fully saturated rings. The summed E-state index contributed by atoms with van der Waals surface area (Å²) < 4.78 is 0. The smallest absolute Gasteiger partial charge is 0.0371 e. The van der Waals surface area contributed by atoms with E-state index < -0.39 is 0 Å². The summed E-state index contributed by atoms with van der Waals surface area (Å²) in [6.45, 7) is 7.19. The van der Waals surface area contributed by atoms with Crippen LogP contribution in [0.5, 0.6) is 0 Å². The summed E-state index contributed by atoms with van der Waals surface area (Å²) in [5.74, 6) is 1.50. The molecule has 1 saturated carbocycles. The van der Waals surface area contributed by atoms with Gasteiger partial charge in [-0.15, -0.1) is 11.6 Å². The van der Waals surface area contributed by atoms with Gasteiger partial charge in [0.15, 0.2) is 0 Å². The van der Waals surface area contributed by atoms with Crippen molar-refractivity contribution in [2.75, 3.05) is 0 Å². The van der Waals surface area contributed by atoms with E-state index in [2.05, 4.69) is 51.1 Å². The Labute approximate surface area is 129 Å². The predicted molar refractivity (Wildman–Crippen MR) is 89.3 cm³/mol. The van der Waals surface area contributed by atoms with Crippen LogP contribution < -0.4 is 0 Å². The third-order valence-corrected chi connectivity index (χ3v) is 5.65. The first kappa shape index (κ1) is 15.9. The highest BCUT2D eigenvalue weighted by Gasteiger charge is 2.37. The lowest BCUT2D eigenvalue weighted by Crippen LogP contribution is -2.36. The highest BCUT2D eigenvalue weighted by molar-refractivity contribution is 6.20. The Bertz CT molecular complexity index is 395. The molecular weight excluding hydrogens is 264 g/mol. The van der Waals surface area contributed by atoms with Crippen molar-refractivity contribution in [3.8, 4) is 0 Å². The first-order valence-corrected chi connectivity index (χ1v) is 8.60. The minimum Gasteiger partial charge on any atom is -0.123 e. The second-order valence-corrected chi connectivity index (χ2v) is 7.93. The van der Waals surface area contributed by atoms with Gasteiger partial charge in [-0.05, 0) is 54.9 Å². The van der Waals surface area contributed by atoms with Gasteiger partial charge in [0.1, 0.15) is 0 Å². The summed E-state index contributed by atoms with van der Waals surface area (Å²) >= 11 is 6.66. The lowest BCUT2D eigenvalue weighted by atomic mass is 9.66. The summed E-state index contributed by atoms with van der Waals surface area (Å²) in [7, 11) is 0. The fourth-order valence-corrected chi connectivity index (χ4v) is 4.54. The fraction of sp³-hybridized carbons (Fsp3) is 0.684. The Kier molecular flexibility index (Phi) is 5.55. The normalized spacial score (nSPS) is 27.5. The molecule has 20 heavy (non-hydrogen) atoms. The van der Waals surface area contributed by atoms with Gasteiger partial charge in [-0.1, -0.05) is 57.5 Å². The molecular formula is C19H29Cl. The summed E-state index contributed by atoms with van der Waals surface area (Å²) in [4.78, 5) is 0. The lowest BCUT2D eigenvalue weighted by Gasteiger charge is -2.42. The van der Waals surface area contributed by atoms with Crippen LogP contribution in [-0.4, -0.2) is 5.38 Å². The average molecular weight is 293 g/mol. The zero-order valence-electron chi connectivity index (χ0n) is 13.2. The van der Waals surface area contributed by atoms with E-state index in [0.717, 1.165) is 5.92 Å². The highest BCUT2D eigenvalue weighted by atomic mass is 35.5. The second kappa shape index (κ2) is 6.98. The van der Waals surface area contributed by atoms with E-state index >= 15 is 0 Å². The van der Waals surface area contributed by atoms with E-state index in [4.69, 9.17) is 11.6 Å². The molecule has 0 radical (unpaired) electrons. The van der Waals surface area contributed by atoms with E-state index in [0.29, 0.717) is 16.7 Å². The Morgan fingerprint density at radius 3 is 2.50 bits per heavy atom. The molecule has 0 N–H and O–H groups in total. The maximum Gasteiger partial charge on any atom is 0.0371 e. The number of alkyl halides is 1. The highest BCUT2D eigenvalue weighted by Crippen LogP contribution is 2.45. The van der Waals surface area contributed by atoms with Gasteiger partial charge in [-0.2, -0.15) is 0 Å². The lowest BCUT2D eigenvalue weighted by molar-refractivity contribution is 0.129. The van der Waals surface area contributed by atoms with Gasteiger partial charge in [0.25, 0.3) is 0 Å². The number of rotatable bonds is 5. The third kappa shape index (κ3) is 4.25. The summed E-state index contributed by atoms with van der Waals surface area (Å²) in [6, 6.07) is 10.8. The van der Waals surface area contributed by atoms with Gasteiger partial charge in [-0.3, -0.25) is 0 Å². The molecule has 0 spiro atoms. The van der Waals surface area contributed by atoms with Gasteiger partial charge in [0, 0.05) is 5.38 Å². The van der Waals surface area contributed by atoms with E-state index in [-0.39, 0.29) is 0 Å². The number of aryl methyl sites for hydroxylation is 1. The maximum atomic E-state index is 6.66. The van der Waals surface area contributed by atoms with Gasteiger partial charge in [-0.25, -0.2) is 0 Å². The van der Waals surface area contributed by atoms with Gasteiger partial charge >= 0.3 is 0 Å². The quantitative estimate of drug-likeness (QED) is 0.577. The number of benzene rings is 1. The van der Waals surface area contributed by atoms with E-state index in [1.807, 2.05) is 0 Å². The average Bonchev–Trinajstić information content (AvgIpc) is 2.39. The standard InChI is InChI=1S/C19H29Cl/c1-15-11-12-17(18(20)14-15)19(2,3)13-7-10-16-8-5-4-6-9-16/h4-6,8-9,15,17-18H,7,10-14H2,1-3H3. The van der Waals surface area contributed by atoms with Crippen LogP contribution in [0.1, 0.15) is 58.4 Å². The topological polar surface area (TPSA) is 0 Å².